The molecule has 0 saturated carbocycles. The molecular weight excluding hydrogens is 190 g/mol. The number of methoxy groups -OCH3 is 1. The second-order valence-corrected chi connectivity index (χ2v) is 3.98. The van der Waals surface area contributed by atoms with Crippen LogP contribution in [0.15, 0.2) is 18.2 Å². The lowest BCUT2D eigenvalue weighted by molar-refractivity contribution is 0.128. The van der Waals surface area contributed by atoms with Gasteiger partial charge in [0.05, 0.1) is 13.2 Å². The molecule has 2 unspecified atom stereocenters. The molecule has 3 N–H and O–H groups in total. The van der Waals surface area contributed by atoms with Gasteiger partial charge in [-0.1, -0.05) is 12.1 Å². The molecule has 1 aromatic rings. The van der Waals surface area contributed by atoms with Gasteiger partial charge in [0.15, 0.2) is 0 Å². The summed E-state index contributed by atoms with van der Waals surface area (Å²) in [6.45, 7) is 0.487. The molecule has 0 radical (unpaired) electrons. The largest absolute Gasteiger partial charge is 0.496 e. The maximum atomic E-state index is 9.86. The molecule has 1 aliphatic carbocycles. The Morgan fingerprint density at radius 3 is 3.00 bits per heavy atom. The van der Waals surface area contributed by atoms with E-state index in [4.69, 9.17) is 10.5 Å². The molecule has 82 valence electrons. The second-order valence-electron chi connectivity index (χ2n) is 3.98. The zero-order valence-corrected chi connectivity index (χ0v) is 8.94. The molecule has 3 nitrogen and oxygen atoms in total. The first-order chi connectivity index (χ1) is 7.27. The van der Waals surface area contributed by atoms with E-state index in [-0.39, 0.29) is 12.0 Å². The van der Waals surface area contributed by atoms with Crippen LogP contribution in [0, 0.1) is 0 Å². The summed E-state index contributed by atoms with van der Waals surface area (Å²) in [7, 11) is 1.68. The van der Waals surface area contributed by atoms with Crippen molar-refractivity contribution in [3.8, 4) is 5.75 Å². The van der Waals surface area contributed by atoms with Gasteiger partial charge in [-0.15, -0.1) is 0 Å². The van der Waals surface area contributed by atoms with Gasteiger partial charge in [0, 0.05) is 12.5 Å². The monoisotopic (exact) mass is 207 g/mol. The maximum absolute atomic E-state index is 9.86. The first kappa shape index (κ1) is 10.5. The lowest BCUT2D eigenvalue weighted by Gasteiger charge is -2.30. The van der Waals surface area contributed by atoms with Crippen molar-refractivity contribution in [3.63, 3.8) is 0 Å². The Hall–Kier alpha value is -1.06. The molecule has 0 aromatic heterocycles. The summed E-state index contributed by atoms with van der Waals surface area (Å²) in [5.41, 5.74) is 8.06. The molecule has 0 saturated heterocycles. The standard InChI is InChI=1S/C12H17NO2/c1-15-12-4-2-3-8-9(12)5-6-11(14)10(8)7-13/h2-4,10-11,14H,5-7,13H2,1H3. The predicted octanol–water partition coefficient (Wildman–Crippen LogP) is 1.04. The number of aliphatic hydroxyl groups excluding tert-OH is 1. The van der Waals surface area contributed by atoms with Gasteiger partial charge in [0.1, 0.15) is 5.75 Å². The van der Waals surface area contributed by atoms with Crippen LogP contribution in [0.1, 0.15) is 23.5 Å². The molecule has 0 amide bonds. The van der Waals surface area contributed by atoms with Crippen LogP contribution in [-0.2, 0) is 6.42 Å². The Balaban J connectivity index is 2.45. The van der Waals surface area contributed by atoms with Crippen LogP contribution in [0.5, 0.6) is 5.75 Å². The minimum atomic E-state index is -0.311. The lowest BCUT2D eigenvalue weighted by atomic mass is 9.80. The van der Waals surface area contributed by atoms with Crippen LogP contribution in [-0.4, -0.2) is 24.9 Å². The van der Waals surface area contributed by atoms with Gasteiger partial charge in [0.2, 0.25) is 0 Å². The molecule has 3 heteroatoms. The molecule has 2 rings (SSSR count). The van der Waals surface area contributed by atoms with Crippen LogP contribution >= 0.6 is 0 Å². The van der Waals surface area contributed by atoms with Crippen molar-refractivity contribution >= 4 is 0 Å². The van der Waals surface area contributed by atoms with Gasteiger partial charge in [0.25, 0.3) is 0 Å². The summed E-state index contributed by atoms with van der Waals surface area (Å²) >= 11 is 0. The summed E-state index contributed by atoms with van der Waals surface area (Å²) in [5, 5.41) is 9.86. The number of aliphatic hydroxyl groups is 1. The minimum Gasteiger partial charge on any atom is -0.496 e. The fourth-order valence-corrected chi connectivity index (χ4v) is 2.37. The topological polar surface area (TPSA) is 55.5 Å². The quantitative estimate of drug-likeness (QED) is 0.762. The highest BCUT2D eigenvalue weighted by Gasteiger charge is 2.28. The molecule has 15 heavy (non-hydrogen) atoms. The van der Waals surface area contributed by atoms with Crippen molar-refractivity contribution in [1.29, 1.82) is 0 Å². The number of hydrogen-bond donors (Lipinski definition) is 2. The predicted molar refractivity (Wildman–Crippen MR) is 59.1 cm³/mol. The molecule has 0 aliphatic heterocycles. The molecule has 0 spiro atoms. The number of rotatable bonds is 2. The highest BCUT2D eigenvalue weighted by molar-refractivity contribution is 5.44. The average molecular weight is 207 g/mol. The number of fused-ring (bicyclic) bond motifs is 1. The molecule has 2 atom stereocenters. The van der Waals surface area contributed by atoms with Crippen LogP contribution in [0.3, 0.4) is 0 Å². The van der Waals surface area contributed by atoms with Crippen molar-refractivity contribution in [3.05, 3.63) is 29.3 Å². The zero-order valence-electron chi connectivity index (χ0n) is 8.94. The van der Waals surface area contributed by atoms with E-state index in [1.165, 1.54) is 5.56 Å². The smallest absolute Gasteiger partial charge is 0.122 e. The van der Waals surface area contributed by atoms with Crippen LogP contribution in [0.4, 0.5) is 0 Å². The van der Waals surface area contributed by atoms with Crippen LogP contribution < -0.4 is 10.5 Å². The molecule has 1 aromatic carbocycles. The fourth-order valence-electron chi connectivity index (χ4n) is 2.37. The first-order valence-corrected chi connectivity index (χ1v) is 5.31. The Bertz CT molecular complexity index is 351. The van der Waals surface area contributed by atoms with E-state index < -0.39 is 0 Å². The Labute approximate surface area is 89.9 Å². The second kappa shape index (κ2) is 4.21. The normalized spacial score (nSPS) is 24.7. The summed E-state index contributed by atoms with van der Waals surface area (Å²) in [5.74, 6) is 0.974. The summed E-state index contributed by atoms with van der Waals surface area (Å²) in [6, 6.07) is 5.96. The van der Waals surface area contributed by atoms with E-state index >= 15 is 0 Å². The fraction of sp³-hybridized carbons (Fsp3) is 0.500. The summed E-state index contributed by atoms with van der Waals surface area (Å²) < 4.78 is 5.32. The maximum Gasteiger partial charge on any atom is 0.122 e. The third kappa shape index (κ3) is 1.73. The highest BCUT2D eigenvalue weighted by atomic mass is 16.5. The molecule has 0 heterocycles. The average Bonchev–Trinajstić information content (AvgIpc) is 2.28. The summed E-state index contributed by atoms with van der Waals surface area (Å²) in [4.78, 5) is 0. The number of ether oxygens (including phenoxy) is 1. The minimum absolute atomic E-state index is 0.0591. The van der Waals surface area contributed by atoms with Crippen LogP contribution in [0.2, 0.25) is 0 Å². The van der Waals surface area contributed by atoms with E-state index in [1.54, 1.807) is 7.11 Å². The number of hydrogen-bond acceptors (Lipinski definition) is 3. The van der Waals surface area contributed by atoms with E-state index in [9.17, 15) is 5.11 Å². The van der Waals surface area contributed by atoms with Gasteiger partial charge in [-0.3, -0.25) is 0 Å². The Morgan fingerprint density at radius 2 is 2.33 bits per heavy atom. The molecule has 0 bridgehead atoms. The van der Waals surface area contributed by atoms with E-state index in [2.05, 4.69) is 0 Å². The van der Waals surface area contributed by atoms with Crippen molar-refractivity contribution in [2.24, 2.45) is 5.73 Å². The third-order valence-corrected chi connectivity index (χ3v) is 3.20. The van der Waals surface area contributed by atoms with Gasteiger partial charge in [-0.25, -0.2) is 0 Å². The van der Waals surface area contributed by atoms with Crippen molar-refractivity contribution in [2.45, 2.75) is 24.9 Å². The zero-order chi connectivity index (χ0) is 10.8. The first-order valence-electron chi connectivity index (χ1n) is 5.31. The van der Waals surface area contributed by atoms with Gasteiger partial charge in [-0.2, -0.15) is 0 Å². The van der Waals surface area contributed by atoms with E-state index in [0.717, 1.165) is 24.2 Å². The van der Waals surface area contributed by atoms with E-state index in [0.29, 0.717) is 6.54 Å². The third-order valence-electron chi connectivity index (χ3n) is 3.20. The van der Waals surface area contributed by atoms with E-state index in [1.807, 2.05) is 18.2 Å². The Morgan fingerprint density at radius 1 is 1.53 bits per heavy atom. The van der Waals surface area contributed by atoms with Gasteiger partial charge >= 0.3 is 0 Å². The van der Waals surface area contributed by atoms with Crippen LogP contribution in [0.25, 0.3) is 0 Å². The van der Waals surface area contributed by atoms with Gasteiger partial charge in [-0.05, 0) is 30.0 Å². The number of nitrogens with two attached hydrogens (primary N) is 1. The molecule has 0 fully saturated rings. The number of benzene rings is 1. The van der Waals surface area contributed by atoms with Crippen molar-refractivity contribution in [2.75, 3.05) is 13.7 Å². The Kier molecular flexibility index (Phi) is 2.93. The SMILES string of the molecule is COc1cccc2c1CCC(O)C2CN. The molecular formula is C12H17NO2. The lowest BCUT2D eigenvalue weighted by Crippen LogP contribution is -2.30. The highest BCUT2D eigenvalue weighted by Crippen LogP contribution is 2.36. The molecule has 1 aliphatic rings. The summed E-state index contributed by atoms with van der Waals surface area (Å²) in [6.07, 6.45) is 1.33. The van der Waals surface area contributed by atoms with Gasteiger partial charge < -0.3 is 15.6 Å². The van der Waals surface area contributed by atoms with Crippen molar-refractivity contribution < 1.29 is 9.84 Å². The van der Waals surface area contributed by atoms with Crippen molar-refractivity contribution in [1.82, 2.24) is 0 Å².